The van der Waals surface area contributed by atoms with Crippen LogP contribution in [0.1, 0.15) is 105 Å². The van der Waals surface area contributed by atoms with Gasteiger partial charge in [0.2, 0.25) is 0 Å². The van der Waals surface area contributed by atoms with Gasteiger partial charge >= 0.3 is 11.9 Å². The third-order valence-corrected chi connectivity index (χ3v) is 13.4. The fourth-order valence-corrected chi connectivity index (χ4v) is 10.4. The molecule has 2 aromatic rings. The average Bonchev–Trinajstić information content (AvgIpc) is 3.42. The summed E-state index contributed by atoms with van der Waals surface area (Å²) in [5.74, 6) is 1.20. The fraction of sp³-hybridized carbons (Fsp3) is 0.683. The highest BCUT2D eigenvalue weighted by atomic mass is 35.5. The number of fused-ring (bicyclic) bond motifs is 6. The number of hydrogen-bond donors (Lipinski definition) is 2. The molecule has 4 aliphatic carbocycles. The van der Waals surface area contributed by atoms with E-state index < -0.39 is 0 Å². The number of allylic oxidation sites excluding steroid dienone is 1. The van der Waals surface area contributed by atoms with E-state index in [1.54, 1.807) is 6.20 Å². The molecule has 3 saturated carbocycles. The first-order chi connectivity index (χ1) is 24.0. The van der Waals surface area contributed by atoms with Gasteiger partial charge in [0.15, 0.2) is 0 Å². The number of rotatable bonds is 14. The first kappa shape index (κ1) is 37.1. The van der Waals surface area contributed by atoms with Gasteiger partial charge in [-0.2, -0.15) is 0 Å². The number of aliphatic hydroxyl groups is 1. The second kappa shape index (κ2) is 15.9. The number of halogens is 1. The van der Waals surface area contributed by atoms with Crippen LogP contribution in [0.2, 0.25) is 5.02 Å². The monoisotopic (exact) mass is 707 g/mol. The zero-order valence-corrected chi connectivity index (χ0v) is 31.4. The van der Waals surface area contributed by atoms with Crippen molar-refractivity contribution >= 4 is 40.1 Å². The van der Waals surface area contributed by atoms with Crippen LogP contribution in [-0.2, 0) is 19.1 Å². The minimum absolute atomic E-state index is 0.00705. The maximum Gasteiger partial charge on any atom is 0.306 e. The topological polar surface area (TPSA) is 101 Å². The molecule has 0 spiro atoms. The molecule has 0 radical (unpaired) electrons. The third-order valence-electron chi connectivity index (χ3n) is 13.1. The van der Waals surface area contributed by atoms with Crippen molar-refractivity contribution in [2.75, 3.05) is 31.6 Å². The Morgan fingerprint density at radius 3 is 2.72 bits per heavy atom. The Morgan fingerprint density at radius 1 is 1.08 bits per heavy atom. The van der Waals surface area contributed by atoms with Crippen LogP contribution < -0.4 is 5.32 Å². The second-order valence-corrected chi connectivity index (χ2v) is 16.6. The molecule has 9 heteroatoms. The van der Waals surface area contributed by atoms with Gasteiger partial charge in [-0.3, -0.25) is 14.6 Å². The molecule has 1 aromatic carbocycles. The van der Waals surface area contributed by atoms with E-state index in [-0.39, 0.29) is 53.9 Å². The highest BCUT2D eigenvalue weighted by Crippen LogP contribution is 2.65. The summed E-state index contributed by atoms with van der Waals surface area (Å²) >= 11 is 6.14. The standard InChI is InChI=1S/C41H58ClN3O5/c1-5-45(22-6-7-27(2)44-35-18-21-43-36-26-29(42)9-11-32(35)36)23-24-49-38(47)14-15-39(48)50-37-13-12-33-31-10-8-28-25-30(46)16-19-40(28,3)34(31)17-20-41(33,37)4/h8-9,11,18,21,26-27,30-31,33-34,37,46H,5-7,10,12-17,19-20,22-25H2,1-4H3,(H,43,44)/t27?,30-,31-,33-,34-,37-,40-,41-/m0/s1. The molecule has 0 saturated heterocycles. The van der Waals surface area contributed by atoms with Crippen molar-refractivity contribution < 1.29 is 24.2 Å². The predicted octanol–water partition coefficient (Wildman–Crippen LogP) is 8.35. The van der Waals surface area contributed by atoms with Gasteiger partial charge in [-0.05, 0) is 132 Å². The first-order valence-electron chi connectivity index (χ1n) is 19.3. The summed E-state index contributed by atoms with van der Waals surface area (Å²) < 4.78 is 11.7. The summed E-state index contributed by atoms with van der Waals surface area (Å²) in [5, 5.41) is 15.7. The molecular weight excluding hydrogens is 650 g/mol. The number of ether oxygens (including phenoxy) is 2. The van der Waals surface area contributed by atoms with Crippen molar-refractivity contribution in [1.29, 1.82) is 0 Å². The molecule has 274 valence electrons. The van der Waals surface area contributed by atoms with E-state index in [1.807, 2.05) is 24.3 Å². The number of pyridine rings is 1. The minimum Gasteiger partial charge on any atom is -0.464 e. The molecule has 6 rings (SSSR count). The molecule has 0 bridgehead atoms. The largest absolute Gasteiger partial charge is 0.464 e. The van der Waals surface area contributed by atoms with Crippen LogP contribution >= 0.6 is 11.6 Å². The van der Waals surface area contributed by atoms with E-state index >= 15 is 0 Å². The maximum absolute atomic E-state index is 13.0. The molecule has 2 N–H and O–H groups in total. The van der Waals surface area contributed by atoms with E-state index in [1.165, 1.54) is 5.57 Å². The van der Waals surface area contributed by atoms with Crippen LogP contribution in [0.5, 0.6) is 0 Å². The minimum atomic E-state index is -0.339. The lowest BCUT2D eigenvalue weighted by Gasteiger charge is -2.57. The zero-order chi connectivity index (χ0) is 35.5. The van der Waals surface area contributed by atoms with Crippen molar-refractivity contribution in [2.45, 2.75) is 123 Å². The van der Waals surface area contributed by atoms with Gasteiger partial charge < -0.3 is 24.8 Å². The summed E-state index contributed by atoms with van der Waals surface area (Å²) in [7, 11) is 0. The normalized spacial score (nSPS) is 30.9. The number of aliphatic hydroxyl groups excluding tert-OH is 1. The number of nitrogens with zero attached hydrogens (tertiary/aromatic N) is 2. The van der Waals surface area contributed by atoms with Gasteiger partial charge in [0.1, 0.15) is 12.7 Å². The molecule has 8 atom stereocenters. The molecule has 0 aliphatic heterocycles. The highest BCUT2D eigenvalue weighted by Gasteiger charge is 2.59. The van der Waals surface area contributed by atoms with Crippen LogP contribution in [0, 0.1) is 28.6 Å². The Kier molecular flexibility index (Phi) is 11.8. The van der Waals surface area contributed by atoms with Crippen molar-refractivity contribution in [3.05, 3.63) is 47.1 Å². The van der Waals surface area contributed by atoms with Crippen molar-refractivity contribution in [2.24, 2.45) is 28.6 Å². The van der Waals surface area contributed by atoms with Gasteiger partial charge in [0, 0.05) is 40.3 Å². The molecule has 3 fully saturated rings. The number of benzene rings is 1. The smallest absolute Gasteiger partial charge is 0.306 e. The third kappa shape index (κ3) is 8.03. The average molecular weight is 708 g/mol. The first-order valence-corrected chi connectivity index (χ1v) is 19.6. The van der Waals surface area contributed by atoms with Crippen molar-refractivity contribution in [3.63, 3.8) is 0 Å². The summed E-state index contributed by atoms with van der Waals surface area (Å²) in [4.78, 5) is 32.3. The van der Waals surface area contributed by atoms with Crippen molar-refractivity contribution in [3.8, 4) is 0 Å². The predicted molar refractivity (Wildman–Crippen MR) is 199 cm³/mol. The van der Waals surface area contributed by atoms with Crippen LogP contribution in [0.3, 0.4) is 0 Å². The molecule has 1 heterocycles. The second-order valence-electron chi connectivity index (χ2n) is 16.1. The Bertz CT molecular complexity index is 1550. The number of carbonyl (C=O) groups is 2. The number of carbonyl (C=O) groups excluding carboxylic acids is 2. The van der Waals surface area contributed by atoms with Crippen LogP contribution in [0.25, 0.3) is 10.9 Å². The molecular formula is C41H58ClN3O5. The fourth-order valence-electron chi connectivity index (χ4n) is 10.2. The maximum atomic E-state index is 13.0. The van der Waals surface area contributed by atoms with Crippen molar-refractivity contribution in [1.82, 2.24) is 9.88 Å². The lowest BCUT2D eigenvalue weighted by Crippen LogP contribution is -2.51. The van der Waals surface area contributed by atoms with Crippen LogP contribution in [0.4, 0.5) is 5.69 Å². The molecule has 50 heavy (non-hydrogen) atoms. The van der Waals surface area contributed by atoms with E-state index in [0.717, 1.165) is 93.9 Å². The van der Waals surface area contributed by atoms with E-state index in [4.69, 9.17) is 21.1 Å². The highest BCUT2D eigenvalue weighted by molar-refractivity contribution is 6.31. The Morgan fingerprint density at radius 2 is 1.90 bits per heavy atom. The van der Waals surface area contributed by atoms with E-state index in [9.17, 15) is 14.7 Å². The van der Waals surface area contributed by atoms with Gasteiger partial charge in [0.05, 0.1) is 24.5 Å². The number of hydrogen-bond acceptors (Lipinski definition) is 8. The Labute approximate surface area is 303 Å². The number of nitrogens with one attached hydrogen (secondary N) is 1. The number of esters is 2. The van der Waals surface area contributed by atoms with E-state index in [0.29, 0.717) is 35.9 Å². The van der Waals surface area contributed by atoms with Crippen LogP contribution in [0.15, 0.2) is 42.1 Å². The number of anilines is 1. The van der Waals surface area contributed by atoms with E-state index in [2.05, 4.69) is 49.0 Å². The SMILES string of the molecule is CCN(CCCC(C)Nc1ccnc2cc(Cl)ccc12)CCOC(=O)CCC(=O)O[C@H]1CC[C@H]2[C@@H]3CC=C4C[C@@H](O)CC[C@]4(C)[C@H]3CC[C@]12C. The summed E-state index contributed by atoms with van der Waals surface area (Å²) in [6.45, 7) is 11.9. The molecule has 1 unspecified atom stereocenters. The quantitative estimate of drug-likeness (QED) is 0.149. The van der Waals surface area contributed by atoms with Gasteiger partial charge in [-0.15, -0.1) is 0 Å². The van der Waals surface area contributed by atoms with Gasteiger partial charge in [-0.1, -0.05) is 44.0 Å². The lowest BCUT2D eigenvalue weighted by atomic mass is 9.48. The van der Waals surface area contributed by atoms with Crippen LogP contribution in [-0.4, -0.2) is 71.4 Å². The van der Waals surface area contributed by atoms with Gasteiger partial charge in [0.25, 0.3) is 0 Å². The zero-order valence-electron chi connectivity index (χ0n) is 30.6. The summed E-state index contributed by atoms with van der Waals surface area (Å²) in [6, 6.07) is 8.07. The summed E-state index contributed by atoms with van der Waals surface area (Å²) in [6.07, 6.45) is 14.3. The Balaban J connectivity index is 0.882. The molecule has 8 nitrogen and oxygen atoms in total. The Hall–Kier alpha value is -2.68. The number of aromatic nitrogens is 1. The van der Waals surface area contributed by atoms with Gasteiger partial charge in [-0.25, -0.2) is 0 Å². The summed E-state index contributed by atoms with van der Waals surface area (Å²) in [5.41, 5.74) is 3.62. The molecule has 4 aliphatic rings. The number of likely N-dealkylation sites (N-methyl/N-ethyl adjacent to an activating group) is 1. The lowest BCUT2D eigenvalue weighted by molar-refractivity contribution is -0.162. The molecule has 0 amide bonds. The molecule has 1 aromatic heterocycles.